The lowest BCUT2D eigenvalue weighted by atomic mass is 10.00. The third kappa shape index (κ3) is 3.31. The molecule has 0 bridgehead atoms. The molecule has 110 valence electrons. The van der Waals surface area contributed by atoms with Crippen molar-refractivity contribution in [2.24, 2.45) is 0 Å². The van der Waals surface area contributed by atoms with Crippen molar-refractivity contribution in [2.45, 2.75) is 45.1 Å². The lowest BCUT2D eigenvalue weighted by Gasteiger charge is -2.40. The highest BCUT2D eigenvalue weighted by Gasteiger charge is 2.26. The zero-order valence-corrected chi connectivity index (χ0v) is 13.8. The number of aromatic nitrogens is 2. The number of aryl methyl sites for hydroxylation is 1. The quantitative estimate of drug-likeness (QED) is 0.776. The highest BCUT2D eigenvalue weighted by atomic mass is 79.9. The fourth-order valence-corrected chi connectivity index (χ4v) is 3.88. The van der Waals surface area contributed by atoms with Gasteiger partial charge in [-0.2, -0.15) is 0 Å². The minimum Gasteiger partial charge on any atom is -0.356 e. The van der Waals surface area contributed by atoms with Crippen LogP contribution < -0.4 is 4.90 Å². The molecule has 0 saturated carbocycles. The van der Waals surface area contributed by atoms with Crippen molar-refractivity contribution >= 4 is 21.7 Å². The normalized spacial score (nSPS) is 22.2. The van der Waals surface area contributed by atoms with Crippen LogP contribution in [0.25, 0.3) is 0 Å². The molecule has 1 aromatic rings. The van der Waals surface area contributed by atoms with Crippen molar-refractivity contribution in [3.8, 4) is 0 Å². The zero-order chi connectivity index (χ0) is 13.9. The van der Waals surface area contributed by atoms with E-state index in [1.54, 1.807) is 0 Å². The molecule has 4 nitrogen and oxygen atoms in total. The summed E-state index contributed by atoms with van der Waals surface area (Å²) < 4.78 is 0.887. The van der Waals surface area contributed by atoms with Crippen LogP contribution in [0.2, 0.25) is 0 Å². The summed E-state index contributed by atoms with van der Waals surface area (Å²) in [4.78, 5) is 14.0. The van der Waals surface area contributed by atoms with Gasteiger partial charge in [-0.1, -0.05) is 6.42 Å². The van der Waals surface area contributed by atoms with Gasteiger partial charge in [-0.15, -0.1) is 0 Å². The molecule has 2 saturated heterocycles. The second-order valence-corrected chi connectivity index (χ2v) is 6.72. The highest BCUT2D eigenvalue weighted by Crippen LogP contribution is 2.24. The summed E-state index contributed by atoms with van der Waals surface area (Å²) in [7, 11) is 0. The SMILES string of the molecule is Cc1nc(Br)cc(N2CCC(N3CCCCC3)CC2)n1. The molecule has 0 amide bonds. The Balaban J connectivity index is 1.60. The predicted molar refractivity (Wildman–Crippen MR) is 85.1 cm³/mol. The zero-order valence-electron chi connectivity index (χ0n) is 12.2. The maximum Gasteiger partial charge on any atom is 0.133 e. The van der Waals surface area contributed by atoms with Crippen LogP contribution in [-0.2, 0) is 0 Å². The molecular weight excluding hydrogens is 316 g/mol. The maximum atomic E-state index is 4.57. The van der Waals surface area contributed by atoms with E-state index in [2.05, 4.69) is 35.7 Å². The van der Waals surface area contributed by atoms with Crippen LogP contribution in [0.15, 0.2) is 10.7 Å². The first-order chi connectivity index (χ1) is 9.72. The average molecular weight is 339 g/mol. The van der Waals surface area contributed by atoms with Crippen molar-refractivity contribution in [3.05, 3.63) is 16.5 Å². The van der Waals surface area contributed by atoms with Crippen LogP contribution in [0.4, 0.5) is 5.82 Å². The summed E-state index contributed by atoms with van der Waals surface area (Å²) in [6.45, 7) is 6.80. The van der Waals surface area contributed by atoms with E-state index in [1.165, 1.54) is 45.2 Å². The number of likely N-dealkylation sites (tertiary alicyclic amines) is 1. The highest BCUT2D eigenvalue weighted by molar-refractivity contribution is 9.10. The second kappa shape index (κ2) is 6.39. The summed E-state index contributed by atoms with van der Waals surface area (Å²) in [6, 6.07) is 2.83. The van der Waals surface area contributed by atoms with Crippen molar-refractivity contribution in [1.82, 2.24) is 14.9 Å². The Hall–Kier alpha value is -0.680. The summed E-state index contributed by atoms with van der Waals surface area (Å²) in [5.41, 5.74) is 0. The molecule has 0 aliphatic carbocycles. The molecule has 5 heteroatoms. The molecule has 2 aliphatic rings. The van der Waals surface area contributed by atoms with Crippen molar-refractivity contribution in [3.63, 3.8) is 0 Å². The Morgan fingerprint density at radius 2 is 1.75 bits per heavy atom. The van der Waals surface area contributed by atoms with E-state index in [-0.39, 0.29) is 0 Å². The standard InChI is InChI=1S/C15H23BrN4/c1-12-17-14(16)11-15(18-12)20-9-5-13(6-10-20)19-7-3-2-4-8-19/h11,13H,2-10H2,1H3. The summed E-state index contributed by atoms with van der Waals surface area (Å²) in [5.74, 6) is 1.91. The third-order valence-electron chi connectivity index (χ3n) is 4.49. The number of piperidine rings is 2. The Morgan fingerprint density at radius 1 is 1.05 bits per heavy atom. The lowest BCUT2D eigenvalue weighted by Crippen LogP contribution is -2.47. The van der Waals surface area contributed by atoms with E-state index >= 15 is 0 Å². The number of rotatable bonds is 2. The van der Waals surface area contributed by atoms with Gasteiger partial charge in [-0.25, -0.2) is 9.97 Å². The molecule has 0 unspecified atom stereocenters. The number of anilines is 1. The molecule has 1 aromatic heterocycles. The minimum atomic E-state index is 0.790. The fourth-order valence-electron chi connectivity index (χ4n) is 3.42. The van der Waals surface area contributed by atoms with Gasteiger partial charge in [-0.3, -0.25) is 0 Å². The molecule has 20 heavy (non-hydrogen) atoms. The number of nitrogens with zero attached hydrogens (tertiary/aromatic N) is 4. The van der Waals surface area contributed by atoms with Gasteiger partial charge in [-0.05, 0) is 61.6 Å². The van der Waals surface area contributed by atoms with Crippen LogP contribution in [0.1, 0.15) is 37.9 Å². The van der Waals surface area contributed by atoms with Gasteiger partial charge in [0.25, 0.3) is 0 Å². The van der Waals surface area contributed by atoms with E-state index < -0.39 is 0 Å². The largest absolute Gasteiger partial charge is 0.356 e. The smallest absolute Gasteiger partial charge is 0.133 e. The molecule has 0 N–H and O–H groups in total. The first kappa shape index (κ1) is 14.3. The van der Waals surface area contributed by atoms with E-state index in [4.69, 9.17) is 0 Å². The molecule has 3 rings (SSSR count). The topological polar surface area (TPSA) is 32.3 Å². The van der Waals surface area contributed by atoms with E-state index in [9.17, 15) is 0 Å². The molecule has 3 heterocycles. The Bertz CT molecular complexity index is 431. The van der Waals surface area contributed by atoms with Gasteiger partial charge in [0.1, 0.15) is 16.2 Å². The lowest BCUT2D eigenvalue weighted by molar-refractivity contribution is 0.141. The minimum absolute atomic E-state index is 0.790. The monoisotopic (exact) mass is 338 g/mol. The molecule has 2 fully saturated rings. The molecule has 0 spiro atoms. The van der Waals surface area contributed by atoms with E-state index in [0.29, 0.717) is 0 Å². The van der Waals surface area contributed by atoms with Gasteiger partial charge in [0.05, 0.1) is 0 Å². The predicted octanol–water partition coefficient (Wildman–Crippen LogP) is 3.00. The molecule has 2 aliphatic heterocycles. The van der Waals surface area contributed by atoms with E-state index in [0.717, 1.165) is 35.4 Å². The van der Waals surface area contributed by atoms with E-state index in [1.807, 2.05) is 13.0 Å². The van der Waals surface area contributed by atoms with Gasteiger partial charge >= 0.3 is 0 Å². The third-order valence-corrected chi connectivity index (χ3v) is 4.89. The molecule has 0 aromatic carbocycles. The summed E-state index contributed by atoms with van der Waals surface area (Å²) >= 11 is 3.47. The summed E-state index contributed by atoms with van der Waals surface area (Å²) in [5, 5.41) is 0. The van der Waals surface area contributed by atoms with Crippen molar-refractivity contribution < 1.29 is 0 Å². The Labute approximate surface area is 129 Å². The van der Waals surface area contributed by atoms with Crippen LogP contribution in [-0.4, -0.2) is 47.1 Å². The Kier molecular flexibility index (Phi) is 4.56. The van der Waals surface area contributed by atoms with Crippen LogP contribution in [0, 0.1) is 6.92 Å². The van der Waals surface area contributed by atoms with Gasteiger partial charge < -0.3 is 9.80 Å². The maximum absolute atomic E-state index is 4.57. The Morgan fingerprint density at radius 3 is 2.40 bits per heavy atom. The second-order valence-electron chi connectivity index (χ2n) is 5.91. The summed E-state index contributed by atoms with van der Waals surface area (Å²) in [6.07, 6.45) is 6.72. The van der Waals surface area contributed by atoms with Crippen LogP contribution in [0.5, 0.6) is 0 Å². The van der Waals surface area contributed by atoms with Crippen molar-refractivity contribution in [1.29, 1.82) is 0 Å². The number of hydrogen-bond acceptors (Lipinski definition) is 4. The molecular formula is C15H23BrN4. The first-order valence-electron chi connectivity index (χ1n) is 7.72. The van der Waals surface area contributed by atoms with Crippen LogP contribution >= 0.6 is 15.9 Å². The van der Waals surface area contributed by atoms with Gasteiger partial charge in [0.2, 0.25) is 0 Å². The van der Waals surface area contributed by atoms with Crippen molar-refractivity contribution in [2.75, 3.05) is 31.1 Å². The van der Waals surface area contributed by atoms with Gasteiger partial charge in [0, 0.05) is 25.2 Å². The average Bonchev–Trinajstić information content (AvgIpc) is 2.47. The molecule has 0 radical (unpaired) electrons. The fraction of sp³-hybridized carbons (Fsp3) is 0.733. The molecule has 0 atom stereocenters. The van der Waals surface area contributed by atoms with Gasteiger partial charge in [0.15, 0.2) is 0 Å². The first-order valence-corrected chi connectivity index (χ1v) is 8.52. The van der Waals surface area contributed by atoms with Crippen LogP contribution in [0.3, 0.4) is 0 Å². The number of hydrogen-bond donors (Lipinski definition) is 0. The number of halogens is 1.